The molecule has 1 heterocycles. The van der Waals surface area contributed by atoms with E-state index in [1.807, 2.05) is 20.8 Å². The number of benzene rings is 1. The Bertz CT molecular complexity index is 701. The first-order valence-corrected chi connectivity index (χ1v) is 7.43. The Morgan fingerprint density at radius 2 is 1.95 bits per heavy atom. The largest absolute Gasteiger partial charge is 0.368 e. The lowest BCUT2D eigenvalue weighted by atomic mass is 10.2. The predicted molar refractivity (Wildman–Crippen MR) is 89.7 cm³/mol. The summed E-state index contributed by atoms with van der Waals surface area (Å²) in [4.78, 5) is 20.9. The van der Waals surface area contributed by atoms with Crippen LogP contribution in [-0.4, -0.2) is 21.9 Å². The molecule has 0 aliphatic rings. The molecule has 0 aliphatic heterocycles. The normalized spacial score (nSPS) is 10.6. The molecule has 0 saturated carbocycles. The third kappa shape index (κ3) is 3.95. The molecule has 6 heteroatoms. The third-order valence-electron chi connectivity index (χ3n) is 3.02. The number of nitrogens with zero attached hydrogens (tertiary/aromatic N) is 2. The number of amides is 1. The van der Waals surface area contributed by atoms with Gasteiger partial charge in [0.2, 0.25) is 0 Å². The summed E-state index contributed by atoms with van der Waals surface area (Å²) in [5.41, 5.74) is 1.81. The highest BCUT2D eigenvalue weighted by atomic mass is 35.5. The van der Waals surface area contributed by atoms with Crippen molar-refractivity contribution in [3.63, 3.8) is 0 Å². The average Bonchev–Trinajstić information content (AvgIpc) is 2.42. The first-order chi connectivity index (χ1) is 10.4. The molecular weight excluding hydrogens is 300 g/mol. The van der Waals surface area contributed by atoms with Crippen molar-refractivity contribution in [1.29, 1.82) is 0 Å². The summed E-state index contributed by atoms with van der Waals surface area (Å²) in [6.07, 6.45) is 0. The molecule has 0 bridgehead atoms. The highest BCUT2D eigenvalue weighted by Crippen LogP contribution is 2.23. The van der Waals surface area contributed by atoms with Gasteiger partial charge in [0.1, 0.15) is 17.3 Å². The molecule has 0 fully saturated rings. The molecule has 2 N–H and O–H groups in total. The number of rotatable bonds is 4. The molecule has 5 nitrogen and oxygen atoms in total. The number of carbonyl (C=O) groups is 1. The summed E-state index contributed by atoms with van der Waals surface area (Å²) in [6.45, 7) is 7.63. The monoisotopic (exact) mass is 318 g/mol. The van der Waals surface area contributed by atoms with Gasteiger partial charge in [-0.3, -0.25) is 4.79 Å². The van der Waals surface area contributed by atoms with Crippen molar-refractivity contribution in [3.05, 3.63) is 46.4 Å². The van der Waals surface area contributed by atoms with Gasteiger partial charge < -0.3 is 10.6 Å². The zero-order valence-electron chi connectivity index (χ0n) is 13.1. The van der Waals surface area contributed by atoms with E-state index in [9.17, 15) is 4.79 Å². The third-order valence-corrected chi connectivity index (χ3v) is 3.43. The first kappa shape index (κ1) is 16.2. The van der Waals surface area contributed by atoms with Crippen molar-refractivity contribution >= 4 is 29.0 Å². The molecule has 0 spiro atoms. The molecule has 2 rings (SSSR count). The Morgan fingerprint density at radius 1 is 1.23 bits per heavy atom. The van der Waals surface area contributed by atoms with E-state index in [2.05, 4.69) is 20.6 Å². The van der Waals surface area contributed by atoms with E-state index in [0.717, 1.165) is 5.56 Å². The molecular formula is C16H19ClN4O. The second-order valence-corrected chi connectivity index (χ2v) is 5.76. The fourth-order valence-electron chi connectivity index (χ4n) is 1.98. The van der Waals surface area contributed by atoms with E-state index >= 15 is 0 Å². The number of anilines is 2. The fraction of sp³-hybridized carbons (Fsp3) is 0.312. The molecule has 0 saturated heterocycles. The second kappa shape index (κ2) is 6.75. The molecule has 22 heavy (non-hydrogen) atoms. The zero-order valence-corrected chi connectivity index (χ0v) is 13.8. The minimum absolute atomic E-state index is 0.223. The van der Waals surface area contributed by atoms with Crippen LogP contribution in [0.25, 0.3) is 0 Å². The Morgan fingerprint density at radius 3 is 2.64 bits per heavy atom. The van der Waals surface area contributed by atoms with Crippen LogP contribution < -0.4 is 10.6 Å². The van der Waals surface area contributed by atoms with Crippen LogP contribution >= 0.6 is 11.6 Å². The number of aryl methyl sites for hydroxylation is 1. The van der Waals surface area contributed by atoms with Crippen LogP contribution in [0.3, 0.4) is 0 Å². The maximum absolute atomic E-state index is 12.4. The maximum atomic E-state index is 12.4. The SMILES string of the molecule is Cc1nc(NC(C)C)cc(C(=O)Nc2cccc(Cl)c2C)n1. The lowest BCUT2D eigenvalue weighted by Crippen LogP contribution is -2.18. The number of hydrogen-bond donors (Lipinski definition) is 2. The van der Waals surface area contributed by atoms with Crippen molar-refractivity contribution in [2.75, 3.05) is 10.6 Å². The van der Waals surface area contributed by atoms with Gasteiger partial charge >= 0.3 is 0 Å². The van der Waals surface area contributed by atoms with Crippen LogP contribution in [0.5, 0.6) is 0 Å². The Labute approximate surface area is 135 Å². The molecule has 1 aromatic heterocycles. The summed E-state index contributed by atoms with van der Waals surface area (Å²) in [7, 11) is 0. The lowest BCUT2D eigenvalue weighted by Gasteiger charge is -2.12. The summed E-state index contributed by atoms with van der Waals surface area (Å²) >= 11 is 6.06. The van der Waals surface area contributed by atoms with Gasteiger partial charge in [0.15, 0.2) is 0 Å². The summed E-state index contributed by atoms with van der Waals surface area (Å²) in [5, 5.41) is 6.62. The van der Waals surface area contributed by atoms with Crippen molar-refractivity contribution in [2.45, 2.75) is 33.7 Å². The topological polar surface area (TPSA) is 66.9 Å². The molecule has 0 atom stereocenters. The van der Waals surface area contributed by atoms with Gasteiger partial charge in [-0.05, 0) is 45.4 Å². The van der Waals surface area contributed by atoms with E-state index < -0.39 is 0 Å². The molecule has 1 aromatic carbocycles. The second-order valence-electron chi connectivity index (χ2n) is 5.35. The smallest absolute Gasteiger partial charge is 0.274 e. The summed E-state index contributed by atoms with van der Waals surface area (Å²) in [6, 6.07) is 7.25. The van der Waals surface area contributed by atoms with E-state index in [-0.39, 0.29) is 11.9 Å². The average molecular weight is 319 g/mol. The minimum atomic E-state index is -0.289. The standard InChI is InChI=1S/C16H19ClN4O/c1-9(2)18-15-8-14(19-11(4)20-15)16(22)21-13-7-5-6-12(17)10(13)3/h5-9H,1-4H3,(H,21,22)(H,18,19,20). The van der Waals surface area contributed by atoms with E-state index in [4.69, 9.17) is 11.6 Å². The van der Waals surface area contributed by atoms with E-state index in [1.165, 1.54) is 0 Å². The highest BCUT2D eigenvalue weighted by Gasteiger charge is 2.13. The predicted octanol–water partition coefficient (Wildman–Crippen LogP) is 3.82. The van der Waals surface area contributed by atoms with Gasteiger partial charge in [-0.15, -0.1) is 0 Å². The number of halogens is 1. The van der Waals surface area contributed by atoms with E-state index in [1.54, 1.807) is 31.2 Å². The summed E-state index contributed by atoms with van der Waals surface area (Å²) in [5.74, 6) is 0.886. The van der Waals surface area contributed by atoms with Crippen LogP contribution in [-0.2, 0) is 0 Å². The van der Waals surface area contributed by atoms with Gasteiger partial charge in [0, 0.05) is 22.8 Å². The van der Waals surface area contributed by atoms with Crippen LogP contribution in [0.15, 0.2) is 24.3 Å². The van der Waals surface area contributed by atoms with Gasteiger partial charge in [-0.1, -0.05) is 17.7 Å². The van der Waals surface area contributed by atoms with Gasteiger partial charge in [0.05, 0.1) is 0 Å². The zero-order chi connectivity index (χ0) is 16.3. The minimum Gasteiger partial charge on any atom is -0.368 e. The van der Waals surface area contributed by atoms with Crippen molar-refractivity contribution in [1.82, 2.24) is 9.97 Å². The fourth-order valence-corrected chi connectivity index (χ4v) is 2.16. The van der Waals surface area contributed by atoms with Crippen molar-refractivity contribution in [3.8, 4) is 0 Å². The molecule has 1 amide bonds. The van der Waals surface area contributed by atoms with Gasteiger partial charge in [-0.25, -0.2) is 9.97 Å². The summed E-state index contributed by atoms with van der Waals surface area (Å²) < 4.78 is 0. The Hall–Kier alpha value is -2.14. The van der Waals surface area contributed by atoms with Crippen molar-refractivity contribution < 1.29 is 4.79 Å². The number of carbonyl (C=O) groups excluding carboxylic acids is 1. The Kier molecular flexibility index (Phi) is 4.98. The number of aromatic nitrogens is 2. The van der Waals surface area contributed by atoms with E-state index in [0.29, 0.717) is 28.0 Å². The van der Waals surface area contributed by atoms with Crippen LogP contribution in [0, 0.1) is 13.8 Å². The Balaban J connectivity index is 2.26. The quantitative estimate of drug-likeness (QED) is 0.899. The molecule has 0 aliphatic carbocycles. The number of hydrogen-bond acceptors (Lipinski definition) is 4. The van der Waals surface area contributed by atoms with Crippen LogP contribution in [0.4, 0.5) is 11.5 Å². The maximum Gasteiger partial charge on any atom is 0.274 e. The lowest BCUT2D eigenvalue weighted by molar-refractivity contribution is 0.102. The van der Waals surface area contributed by atoms with Crippen LogP contribution in [0.1, 0.15) is 35.7 Å². The van der Waals surface area contributed by atoms with Crippen LogP contribution in [0.2, 0.25) is 5.02 Å². The number of nitrogens with one attached hydrogen (secondary N) is 2. The van der Waals surface area contributed by atoms with Gasteiger partial charge in [0.25, 0.3) is 5.91 Å². The van der Waals surface area contributed by atoms with Crippen molar-refractivity contribution in [2.24, 2.45) is 0 Å². The molecule has 2 aromatic rings. The molecule has 0 unspecified atom stereocenters. The molecule has 0 radical (unpaired) electrons. The highest BCUT2D eigenvalue weighted by molar-refractivity contribution is 6.31. The first-order valence-electron chi connectivity index (χ1n) is 7.05. The van der Waals surface area contributed by atoms with Gasteiger partial charge in [-0.2, -0.15) is 0 Å². The molecule has 116 valence electrons.